The van der Waals surface area contributed by atoms with Gasteiger partial charge >= 0.3 is 0 Å². The van der Waals surface area contributed by atoms with E-state index < -0.39 is 0 Å². The van der Waals surface area contributed by atoms with Crippen molar-refractivity contribution in [2.24, 2.45) is 0 Å². The molecule has 0 aliphatic rings. The summed E-state index contributed by atoms with van der Waals surface area (Å²) in [6, 6.07) is 8.23. The smallest absolute Gasteiger partial charge is 0.276 e. The molecule has 2 aromatic heterocycles. The van der Waals surface area contributed by atoms with E-state index in [-0.39, 0.29) is 29.5 Å². The van der Waals surface area contributed by atoms with Crippen LogP contribution in [-0.2, 0) is 16.0 Å². The van der Waals surface area contributed by atoms with Crippen molar-refractivity contribution in [2.45, 2.75) is 39.7 Å². The molecule has 0 saturated carbocycles. The molecule has 0 bridgehead atoms. The summed E-state index contributed by atoms with van der Waals surface area (Å²) in [4.78, 5) is 43.1. The summed E-state index contributed by atoms with van der Waals surface area (Å²) in [6.45, 7) is 4.90. The number of anilines is 2. The number of benzene rings is 1. The molecule has 1 unspecified atom stereocenters. The molecule has 0 fully saturated rings. The summed E-state index contributed by atoms with van der Waals surface area (Å²) in [6.07, 6.45) is 1.74. The van der Waals surface area contributed by atoms with Crippen molar-refractivity contribution < 1.29 is 14.4 Å². The summed E-state index contributed by atoms with van der Waals surface area (Å²) in [5.41, 5.74) is 3.14. The molecule has 10 heteroatoms. The predicted octanol–water partition coefficient (Wildman–Crippen LogP) is 3.93. The Balaban J connectivity index is 1.57. The van der Waals surface area contributed by atoms with Crippen LogP contribution in [-0.4, -0.2) is 33.7 Å². The highest BCUT2D eigenvalue weighted by atomic mass is 32.1. The number of rotatable bonds is 8. The quantitative estimate of drug-likeness (QED) is 0.474. The second kappa shape index (κ2) is 10.3. The number of nitrogens with one attached hydrogen (secondary N) is 3. The highest BCUT2D eigenvalue weighted by Crippen LogP contribution is 2.26. The van der Waals surface area contributed by atoms with Gasteiger partial charge in [0.1, 0.15) is 5.69 Å². The van der Waals surface area contributed by atoms with E-state index in [4.69, 9.17) is 0 Å². The normalized spacial score (nSPS) is 11.6. The maximum absolute atomic E-state index is 12.4. The Morgan fingerprint density at radius 1 is 0.935 bits per heavy atom. The molecule has 0 aliphatic carbocycles. The third-order valence-corrected chi connectivity index (χ3v) is 5.83. The van der Waals surface area contributed by atoms with E-state index in [1.54, 1.807) is 5.38 Å². The minimum atomic E-state index is -0.377. The van der Waals surface area contributed by atoms with Crippen LogP contribution in [0.1, 0.15) is 43.2 Å². The number of amides is 3. The number of hydrogen-bond donors (Lipinski definition) is 3. The Kier molecular flexibility index (Phi) is 7.48. The lowest BCUT2D eigenvalue weighted by Gasteiger charge is -2.12. The van der Waals surface area contributed by atoms with Crippen LogP contribution >= 0.6 is 22.7 Å². The van der Waals surface area contributed by atoms with E-state index in [0.717, 1.165) is 24.1 Å². The van der Waals surface area contributed by atoms with Crippen molar-refractivity contribution in [1.29, 1.82) is 0 Å². The highest BCUT2D eigenvalue weighted by molar-refractivity contribution is 7.14. The Labute approximate surface area is 188 Å². The maximum atomic E-state index is 12.4. The Hall–Kier alpha value is -3.11. The Morgan fingerprint density at radius 3 is 2.29 bits per heavy atom. The predicted molar refractivity (Wildman–Crippen MR) is 124 cm³/mol. The minimum Gasteiger partial charge on any atom is -0.354 e. The molecule has 8 nitrogen and oxygen atoms in total. The topological polar surface area (TPSA) is 113 Å². The lowest BCUT2D eigenvalue weighted by atomic mass is 10.0. The number of aryl methyl sites for hydroxylation is 1. The first kappa shape index (κ1) is 22.6. The zero-order chi connectivity index (χ0) is 22.4. The zero-order valence-electron chi connectivity index (χ0n) is 17.4. The third kappa shape index (κ3) is 6.69. The molecule has 3 N–H and O–H groups in total. The number of carbonyl (C=O) groups is 3. The fourth-order valence-electron chi connectivity index (χ4n) is 2.86. The highest BCUT2D eigenvalue weighted by Gasteiger charge is 2.14. The van der Waals surface area contributed by atoms with Crippen molar-refractivity contribution in [2.75, 3.05) is 10.6 Å². The molecule has 3 amide bonds. The van der Waals surface area contributed by atoms with Crippen LogP contribution in [0.25, 0.3) is 11.3 Å². The van der Waals surface area contributed by atoms with Crippen LogP contribution in [0, 0.1) is 0 Å². The van der Waals surface area contributed by atoms with E-state index in [0.29, 0.717) is 10.3 Å². The van der Waals surface area contributed by atoms with Crippen LogP contribution in [0.15, 0.2) is 35.0 Å². The first-order valence-corrected chi connectivity index (χ1v) is 11.4. The Bertz CT molecular complexity index is 1070. The van der Waals surface area contributed by atoms with Gasteiger partial charge in [0.05, 0.1) is 5.69 Å². The molecule has 0 spiro atoms. The van der Waals surface area contributed by atoms with E-state index in [1.165, 1.54) is 42.1 Å². The van der Waals surface area contributed by atoms with Crippen molar-refractivity contribution in [3.63, 3.8) is 0 Å². The number of nitrogens with zero attached hydrogens (tertiary/aromatic N) is 2. The monoisotopic (exact) mass is 457 g/mol. The average molecular weight is 458 g/mol. The summed E-state index contributed by atoms with van der Waals surface area (Å²) in [5.74, 6) is -0.631. The molecule has 31 heavy (non-hydrogen) atoms. The first-order valence-electron chi connectivity index (χ1n) is 9.66. The molecular formula is C21H23N5O3S2. The molecule has 0 aliphatic heterocycles. The minimum absolute atomic E-state index is 0.0165. The summed E-state index contributed by atoms with van der Waals surface area (Å²) in [7, 11) is 0. The van der Waals surface area contributed by atoms with Crippen molar-refractivity contribution in [1.82, 2.24) is 15.3 Å². The summed E-state index contributed by atoms with van der Waals surface area (Å²) >= 11 is 2.52. The lowest BCUT2D eigenvalue weighted by molar-refractivity contribution is -0.119. The van der Waals surface area contributed by atoms with Gasteiger partial charge in [-0.1, -0.05) is 24.3 Å². The number of aromatic nitrogens is 2. The number of hydrogen-bond acceptors (Lipinski definition) is 7. The fraction of sp³-hybridized carbons (Fsp3) is 0.286. The molecule has 1 atom stereocenters. The van der Waals surface area contributed by atoms with Crippen molar-refractivity contribution >= 4 is 50.7 Å². The standard InChI is InChI=1S/C21H23N5O3S2/c1-12(22-13(2)27)4-5-15-6-8-16(9-7-15)17-10-30-21(24-17)26-19(29)18-11-31-20(25-18)23-14(3)28/h6-12H,4-5H2,1-3H3,(H,22,27)(H,23,25,28)(H,24,26,29). The van der Waals surface area contributed by atoms with Crippen LogP contribution in [0.5, 0.6) is 0 Å². The summed E-state index contributed by atoms with van der Waals surface area (Å²) in [5, 5.41) is 12.5. The van der Waals surface area contributed by atoms with Gasteiger partial charge in [0.15, 0.2) is 10.3 Å². The maximum Gasteiger partial charge on any atom is 0.276 e. The van der Waals surface area contributed by atoms with Gasteiger partial charge in [0.25, 0.3) is 5.91 Å². The van der Waals surface area contributed by atoms with Crippen molar-refractivity contribution in [3.05, 3.63) is 46.3 Å². The number of carbonyl (C=O) groups excluding carboxylic acids is 3. The van der Waals surface area contributed by atoms with E-state index in [2.05, 4.69) is 25.9 Å². The average Bonchev–Trinajstić information content (AvgIpc) is 3.35. The molecule has 3 aromatic rings. The van der Waals surface area contributed by atoms with Gasteiger partial charge in [0.2, 0.25) is 11.8 Å². The molecule has 0 radical (unpaired) electrons. The van der Waals surface area contributed by atoms with Crippen LogP contribution in [0.3, 0.4) is 0 Å². The van der Waals surface area contributed by atoms with Gasteiger partial charge in [-0.25, -0.2) is 9.97 Å². The van der Waals surface area contributed by atoms with Gasteiger partial charge in [-0.2, -0.15) is 0 Å². The second-order valence-corrected chi connectivity index (χ2v) is 8.76. The summed E-state index contributed by atoms with van der Waals surface area (Å²) < 4.78 is 0. The SMILES string of the molecule is CC(=O)Nc1nc(C(=O)Nc2nc(-c3ccc(CCC(C)NC(C)=O)cc3)cs2)cs1. The van der Waals surface area contributed by atoms with Gasteiger partial charge in [0, 0.05) is 36.2 Å². The van der Waals surface area contributed by atoms with E-state index in [1.807, 2.05) is 36.6 Å². The van der Waals surface area contributed by atoms with Crippen molar-refractivity contribution in [3.8, 4) is 11.3 Å². The van der Waals surface area contributed by atoms with E-state index in [9.17, 15) is 14.4 Å². The van der Waals surface area contributed by atoms with Gasteiger partial charge in [-0.05, 0) is 25.3 Å². The third-order valence-electron chi connectivity index (χ3n) is 4.31. The second-order valence-electron chi connectivity index (χ2n) is 7.05. The molecule has 2 heterocycles. The molecule has 1 aromatic carbocycles. The molecular weight excluding hydrogens is 434 g/mol. The fourth-order valence-corrected chi connectivity index (χ4v) is 4.31. The first-order chi connectivity index (χ1) is 14.8. The van der Waals surface area contributed by atoms with Gasteiger partial charge < -0.3 is 10.6 Å². The van der Waals surface area contributed by atoms with Gasteiger partial charge in [-0.15, -0.1) is 22.7 Å². The molecule has 162 valence electrons. The Morgan fingerprint density at radius 2 is 1.61 bits per heavy atom. The molecule has 3 rings (SSSR count). The van der Waals surface area contributed by atoms with Crippen LogP contribution in [0.2, 0.25) is 0 Å². The largest absolute Gasteiger partial charge is 0.354 e. The van der Waals surface area contributed by atoms with E-state index >= 15 is 0 Å². The lowest BCUT2D eigenvalue weighted by Crippen LogP contribution is -2.30. The number of thiazole rings is 2. The van der Waals surface area contributed by atoms with Crippen LogP contribution in [0.4, 0.5) is 10.3 Å². The van der Waals surface area contributed by atoms with Gasteiger partial charge in [-0.3, -0.25) is 19.7 Å². The zero-order valence-corrected chi connectivity index (χ0v) is 19.0. The van der Waals surface area contributed by atoms with Crippen LogP contribution < -0.4 is 16.0 Å². The molecule has 0 saturated heterocycles.